The first kappa shape index (κ1) is 16.7. The molecule has 0 bridgehead atoms. The van der Waals surface area contributed by atoms with E-state index >= 15 is 0 Å². The largest absolute Gasteiger partial charge is 0.497 e. The van der Waals surface area contributed by atoms with Gasteiger partial charge >= 0.3 is 0 Å². The molecule has 0 fully saturated rings. The van der Waals surface area contributed by atoms with Gasteiger partial charge in [0.1, 0.15) is 5.75 Å². The van der Waals surface area contributed by atoms with E-state index in [9.17, 15) is 0 Å². The maximum absolute atomic E-state index is 5.17. The lowest BCUT2D eigenvalue weighted by Crippen LogP contribution is -1.99. The van der Waals surface area contributed by atoms with E-state index in [0.29, 0.717) is 0 Å². The van der Waals surface area contributed by atoms with Crippen molar-refractivity contribution in [2.24, 2.45) is 0 Å². The van der Waals surface area contributed by atoms with Crippen molar-refractivity contribution in [2.45, 2.75) is 6.54 Å². The van der Waals surface area contributed by atoms with Gasteiger partial charge in [-0.1, -0.05) is 42.5 Å². The van der Waals surface area contributed by atoms with Crippen molar-refractivity contribution in [1.29, 1.82) is 0 Å². The Kier molecular flexibility index (Phi) is 5.73. The number of hydrogen-bond acceptors (Lipinski definition) is 3. The molecular weight excluding hydrogens is 308 g/mol. The highest BCUT2D eigenvalue weighted by atomic mass is 16.5. The zero-order chi connectivity index (χ0) is 17.3. The molecule has 25 heavy (non-hydrogen) atoms. The Balaban J connectivity index is 1.51. The highest BCUT2D eigenvalue weighted by Crippen LogP contribution is 2.15. The van der Waals surface area contributed by atoms with Crippen LogP contribution in [0.4, 0.5) is 11.4 Å². The Hall–Kier alpha value is -3.20. The number of anilines is 2. The van der Waals surface area contributed by atoms with E-state index in [1.807, 2.05) is 48.7 Å². The number of benzene rings is 3. The Morgan fingerprint density at radius 1 is 0.800 bits per heavy atom. The molecule has 0 aliphatic carbocycles. The van der Waals surface area contributed by atoms with E-state index in [1.54, 1.807) is 7.11 Å². The molecule has 126 valence electrons. The normalized spacial score (nSPS) is 10.6. The van der Waals surface area contributed by atoms with Crippen LogP contribution in [0, 0.1) is 0 Å². The van der Waals surface area contributed by atoms with Gasteiger partial charge in [0.2, 0.25) is 0 Å². The highest BCUT2D eigenvalue weighted by Gasteiger charge is 1.96. The molecule has 0 saturated heterocycles. The molecule has 0 unspecified atom stereocenters. The molecule has 3 nitrogen and oxygen atoms in total. The third kappa shape index (κ3) is 5.15. The zero-order valence-electron chi connectivity index (χ0n) is 14.3. The predicted molar refractivity (Wildman–Crippen MR) is 106 cm³/mol. The first-order valence-corrected chi connectivity index (χ1v) is 8.28. The molecule has 0 aliphatic heterocycles. The third-order valence-electron chi connectivity index (χ3n) is 3.87. The molecule has 0 saturated carbocycles. The number of methoxy groups -OCH3 is 1. The molecule has 3 aromatic carbocycles. The van der Waals surface area contributed by atoms with Crippen LogP contribution in [0.3, 0.4) is 0 Å². The Bertz CT molecular complexity index is 794. The summed E-state index contributed by atoms with van der Waals surface area (Å²) in [7, 11) is 1.68. The van der Waals surface area contributed by atoms with E-state index in [4.69, 9.17) is 4.74 Å². The third-order valence-corrected chi connectivity index (χ3v) is 3.87. The van der Waals surface area contributed by atoms with Crippen LogP contribution in [0.25, 0.3) is 6.08 Å². The lowest BCUT2D eigenvalue weighted by Gasteiger charge is -2.08. The van der Waals surface area contributed by atoms with E-state index in [2.05, 4.69) is 53.1 Å². The molecule has 0 radical (unpaired) electrons. The fraction of sp³-hybridized carbons (Fsp3) is 0.0909. The minimum atomic E-state index is 0.786. The van der Waals surface area contributed by atoms with Crippen LogP contribution in [0.15, 0.2) is 85.1 Å². The van der Waals surface area contributed by atoms with Crippen molar-refractivity contribution in [2.75, 3.05) is 17.7 Å². The monoisotopic (exact) mass is 330 g/mol. The molecule has 3 aromatic rings. The van der Waals surface area contributed by atoms with Crippen LogP contribution in [-0.2, 0) is 6.54 Å². The van der Waals surface area contributed by atoms with Gasteiger partial charge < -0.3 is 15.4 Å². The average Bonchev–Trinajstić information content (AvgIpc) is 2.68. The SMILES string of the molecule is COc1ccc(CNc2ccc(C=CNc3ccccc3)cc2)cc1. The van der Waals surface area contributed by atoms with Gasteiger partial charge in [-0.05, 0) is 53.6 Å². The zero-order valence-corrected chi connectivity index (χ0v) is 14.3. The van der Waals surface area contributed by atoms with Crippen LogP contribution in [0.5, 0.6) is 5.75 Å². The van der Waals surface area contributed by atoms with Crippen molar-refractivity contribution >= 4 is 17.5 Å². The molecule has 0 amide bonds. The summed E-state index contributed by atoms with van der Waals surface area (Å²) in [6, 6.07) is 26.6. The first-order valence-electron chi connectivity index (χ1n) is 8.28. The summed E-state index contributed by atoms with van der Waals surface area (Å²) in [4.78, 5) is 0. The number of hydrogen-bond donors (Lipinski definition) is 2. The molecule has 3 rings (SSSR count). The van der Waals surface area contributed by atoms with Gasteiger partial charge in [0, 0.05) is 24.1 Å². The van der Waals surface area contributed by atoms with Crippen LogP contribution < -0.4 is 15.4 Å². The summed E-state index contributed by atoms with van der Waals surface area (Å²) in [5, 5.41) is 6.68. The van der Waals surface area contributed by atoms with Crippen LogP contribution in [-0.4, -0.2) is 7.11 Å². The summed E-state index contributed by atoms with van der Waals surface area (Å²) >= 11 is 0. The van der Waals surface area contributed by atoms with Gasteiger partial charge in [-0.2, -0.15) is 0 Å². The van der Waals surface area contributed by atoms with Crippen molar-refractivity contribution in [3.05, 3.63) is 96.2 Å². The van der Waals surface area contributed by atoms with Crippen molar-refractivity contribution in [3.63, 3.8) is 0 Å². The van der Waals surface area contributed by atoms with Crippen LogP contribution in [0.1, 0.15) is 11.1 Å². The molecule has 0 aliphatic rings. The quantitative estimate of drug-likeness (QED) is 0.609. The van der Waals surface area contributed by atoms with Gasteiger partial charge in [0.25, 0.3) is 0 Å². The molecule has 0 aromatic heterocycles. The maximum Gasteiger partial charge on any atom is 0.118 e. The van der Waals surface area contributed by atoms with E-state index < -0.39 is 0 Å². The number of ether oxygens (including phenoxy) is 1. The average molecular weight is 330 g/mol. The van der Waals surface area contributed by atoms with Gasteiger partial charge in [-0.3, -0.25) is 0 Å². The summed E-state index contributed by atoms with van der Waals surface area (Å²) in [5.41, 5.74) is 4.55. The topological polar surface area (TPSA) is 33.3 Å². The molecule has 3 heteroatoms. The molecule has 0 heterocycles. The van der Waals surface area contributed by atoms with Gasteiger partial charge in [0.15, 0.2) is 0 Å². The van der Waals surface area contributed by atoms with Crippen molar-refractivity contribution in [1.82, 2.24) is 0 Å². The fourth-order valence-electron chi connectivity index (χ4n) is 2.43. The van der Waals surface area contributed by atoms with E-state index in [0.717, 1.165) is 29.2 Å². The standard InChI is InChI=1S/C22H22N2O/c1-25-22-13-9-19(10-14-22)17-24-21-11-7-18(8-12-21)15-16-23-20-5-3-2-4-6-20/h2-16,23-24H,17H2,1H3. The second kappa shape index (κ2) is 8.60. The molecule has 0 atom stereocenters. The maximum atomic E-state index is 5.17. The summed E-state index contributed by atoms with van der Waals surface area (Å²) in [6.07, 6.45) is 4.01. The van der Waals surface area contributed by atoms with Gasteiger partial charge in [-0.15, -0.1) is 0 Å². The van der Waals surface area contributed by atoms with E-state index in [1.165, 1.54) is 5.56 Å². The predicted octanol–water partition coefficient (Wildman–Crippen LogP) is 5.39. The Labute approximate surface area is 149 Å². The van der Waals surface area contributed by atoms with Gasteiger partial charge in [-0.25, -0.2) is 0 Å². The van der Waals surface area contributed by atoms with E-state index in [-0.39, 0.29) is 0 Å². The minimum Gasteiger partial charge on any atom is -0.497 e. The molecule has 2 N–H and O–H groups in total. The number of nitrogens with one attached hydrogen (secondary N) is 2. The second-order valence-corrected chi connectivity index (χ2v) is 5.67. The van der Waals surface area contributed by atoms with Crippen LogP contribution in [0.2, 0.25) is 0 Å². The molecular formula is C22H22N2O. The lowest BCUT2D eigenvalue weighted by molar-refractivity contribution is 0.414. The molecule has 0 spiro atoms. The summed E-state index contributed by atoms with van der Waals surface area (Å²) in [6.45, 7) is 0.786. The summed E-state index contributed by atoms with van der Waals surface area (Å²) in [5.74, 6) is 0.879. The minimum absolute atomic E-state index is 0.786. The Morgan fingerprint density at radius 2 is 1.52 bits per heavy atom. The number of para-hydroxylation sites is 1. The smallest absolute Gasteiger partial charge is 0.118 e. The van der Waals surface area contributed by atoms with Gasteiger partial charge in [0.05, 0.1) is 7.11 Å². The second-order valence-electron chi connectivity index (χ2n) is 5.67. The lowest BCUT2D eigenvalue weighted by atomic mass is 10.2. The van der Waals surface area contributed by atoms with Crippen molar-refractivity contribution in [3.8, 4) is 5.75 Å². The summed E-state index contributed by atoms with van der Waals surface area (Å²) < 4.78 is 5.17. The van der Waals surface area contributed by atoms with Crippen LogP contribution >= 0.6 is 0 Å². The Morgan fingerprint density at radius 3 is 2.20 bits per heavy atom. The van der Waals surface area contributed by atoms with Crippen molar-refractivity contribution < 1.29 is 4.74 Å². The highest BCUT2D eigenvalue weighted by molar-refractivity contribution is 5.58. The fourth-order valence-corrected chi connectivity index (χ4v) is 2.43. The first-order chi connectivity index (χ1) is 12.3. The number of rotatable bonds is 7.